The van der Waals surface area contributed by atoms with Crippen LogP contribution in [-0.4, -0.2) is 46.1 Å². The van der Waals surface area contributed by atoms with Crippen LogP contribution in [0.2, 0.25) is 0 Å². The number of aromatic nitrogens is 3. The Morgan fingerprint density at radius 2 is 2.17 bits per heavy atom. The number of hydrazine groups is 1. The first-order valence-corrected chi connectivity index (χ1v) is 9.08. The van der Waals surface area contributed by atoms with Gasteiger partial charge >= 0.3 is 5.97 Å². The van der Waals surface area contributed by atoms with E-state index in [9.17, 15) is 9.18 Å². The van der Waals surface area contributed by atoms with Gasteiger partial charge < -0.3 is 15.1 Å². The monoisotopic (exact) mass is 394 g/mol. The van der Waals surface area contributed by atoms with Gasteiger partial charge in [-0.1, -0.05) is 0 Å². The second-order valence-corrected chi connectivity index (χ2v) is 6.47. The van der Waals surface area contributed by atoms with Crippen LogP contribution >= 0.6 is 0 Å². The Morgan fingerprint density at radius 1 is 1.31 bits per heavy atom. The number of nitrogens with one attached hydrogen (secondary N) is 2. The average Bonchev–Trinajstić information content (AvgIpc) is 3.13. The Hall–Kier alpha value is -3.59. The summed E-state index contributed by atoms with van der Waals surface area (Å²) in [7, 11) is 1.91. The van der Waals surface area contributed by atoms with E-state index < -0.39 is 11.8 Å². The normalized spacial score (nSPS) is 13.5. The number of hydrogen-bond acceptors (Lipinski definition) is 8. The van der Waals surface area contributed by atoms with E-state index in [2.05, 4.69) is 25.7 Å². The summed E-state index contributed by atoms with van der Waals surface area (Å²) in [5.41, 5.74) is 6.51. The zero-order valence-corrected chi connectivity index (χ0v) is 15.9. The number of rotatable bonds is 5. The Bertz CT molecular complexity index is 1120. The molecule has 0 amide bonds. The molecule has 148 valence electrons. The van der Waals surface area contributed by atoms with Crippen molar-refractivity contribution in [3.05, 3.63) is 59.8 Å². The highest BCUT2D eigenvalue weighted by molar-refractivity contribution is 5.90. The fraction of sp³-hybridized carbons (Fsp3) is 0.200. The molecule has 0 atom stereocenters. The van der Waals surface area contributed by atoms with Crippen molar-refractivity contribution in [2.24, 2.45) is 0 Å². The third kappa shape index (κ3) is 4.14. The van der Waals surface area contributed by atoms with Gasteiger partial charge in [0.15, 0.2) is 5.65 Å². The first-order chi connectivity index (χ1) is 14.0. The molecule has 8 nitrogen and oxygen atoms in total. The molecule has 0 radical (unpaired) electrons. The van der Waals surface area contributed by atoms with Crippen LogP contribution in [0.25, 0.3) is 16.7 Å². The molecule has 1 aliphatic rings. The van der Waals surface area contributed by atoms with Gasteiger partial charge in [-0.15, -0.1) is 0 Å². The number of nitrogens with zero attached hydrogens (tertiary/aromatic N) is 4. The molecule has 0 bridgehead atoms. The number of fused-ring (bicyclic) bond motifs is 1. The van der Waals surface area contributed by atoms with Crippen molar-refractivity contribution in [1.29, 1.82) is 0 Å². The molecule has 0 spiro atoms. The molecule has 3 heterocycles. The third-order valence-corrected chi connectivity index (χ3v) is 4.29. The maximum absolute atomic E-state index is 13.9. The number of esters is 1. The van der Waals surface area contributed by atoms with Gasteiger partial charge in [0.2, 0.25) is 0 Å². The fourth-order valence-corrected chi connectivity index (χ4v) is 2.96. The number of halogens is 1. The average molecular weight is 394 g/mol. The van der Waals surface area contributed by atoms with Crippen molar-refractivity contribution in [2.45, 2.75) is 6.92 Å². The van der Waals surface area contributed by atoms with Gasteiger partial charge in [0.1, 0.15) is 17.2 Å². The lowest BCUT2D eigenvalue weighted by atomic mass is 10.2. The Morgan fingerprint density at radius 3 is 2.93 bits per heavy atom. The summed E-state index contributed by atoms with van der Waals surface area (Å²) in [6, 6.07) is 7.42. The Kier molecular flexibility index (Phi) is 5.05. The van der Waals surface area contributed by atoms with Crippen molar-refractivity contribution in [1.82, 2.24) is 25.4 Å². The van der Waals surface area contributed by atoms with Crippen LogP contribution in [0.3, 0.4) is 0 Å². The van der Waals surface area contributed by atoms with E-state index in [1.165, 1.54) is 12.1 Å². The van der Waals surface area contributed by atoms with Gasteiger partial charge in [-0.25, -0.2) is 24.6 Å². The van der Waals surface area contributed by atoms with Crippen LogP contribution in [0.15, 0.2) is 42.7 Å². The molecule has 1 aliphatic heterocycles. The van der Waals surface area contributed by atoms with Gasteiger partial charge in [-0.05, 0) is 37.3 Å². The van der Waals surface area contributed by atoms with Crippen LogP contribution in [0.1, 0.15) is 23.0 Å². The van der Waals surface area contributed by atoms with Gasteiger partial charge in [-0.2, -0.15) is 0 Å². The Balaban J connectivity index is 1.63. The number of anilines is 2. The number of pyridine rings is 1. The van der Waals surface area contributed by atoms with Crippen LogP contribution in [0.4, 0.5) is 15.9 Å². The molecule has 0 unspecified atom stereocenters. The summed E-state index contributed by atoms with van der Waals surface area (Å²) in [6.45, 7) is 2.57. The minimum absolute atomic E-state index is 0.127. The maximum Gasteiger partial charge on any atom is 0.338 e. The van der Waals surface area contributed by atoms with Crippen LogP contribution in [0, 0.1) is 5.82 Å². The first kappa shape index (κ1) is 18.8. The summed E-state index contributed by atoms with van der Waals surface area (Å²) >= 11 is 0. The van der Waals surface area contributed by atoms with Crippen LogP contribution in [-0.2, 0) is 4.74 Å². The number of benzene rings is 1. The largest absolute Gasteiger partial charge is 0.462 e. The highest BCUT2D eigenvalue weighted by Gasteiger charge is 2.14. The molecular formula is C20H19FN6O2. The molecule has 0 aliphatic carbocycles. The predicted molar refractivity (Wildman–Crippen MR) is 107 cm³/mol. The van der Waals surface area contributed by atoms with E-state index in [1.54, 1.807) is 25.3 Å². The first-order valence-electron chi connectivity index (χ1n) is 9.08. The number of hydrogen-bond donors (Lipinski definition) is 2. The maximum atomic E-state index is 13.9. The highest BCUT2D eigenvalue weighted by Crippen LogP contribution is 2.22. The minimum Gasteiger partial charge on any atom is -0.462 e. The van der Waals surface area contributed by atoms with Crippen molar-refractivity contribution < 1.29 is 13.9 Å². The van der Waals surface area contributed by atoms with E-state index in [1.807, 2.05) is 18.3 Å². The van der Waals surface area contributed by atoms with Crippen molar-refractivity contribution in [2.75, 3.05) is 25.5 Å². The molecule has 29 heavy (non-hydrogen) atoms. The molecule has 1 aromatic carbocycles. The number of carbonyl (C=O) groups excluding carboxylic acids is 1. The van der Waals surface area contributed by atoms with E-state index in [-0.39, 0.29) is 12.2 Å². The smallest absolute Gasteiger partial charge is 0.338 e. The van der Waals surface area contributed by atoms with E-state index >= 15 is 0 Å². The standard InChI is InChI=1S/C20H19FN6O2/c1-3-29-20(28)12-6-14(21)8-15(7-12)24-18-5-4-16-19(26-18)25-17(10-22-16)13-9-23-27(2)11-13/h4-8,10-11,23H,3,9H2,1-2H3,(H,24,25,26). The zero-order chi connectivity index (χ0) is 20.4. The van der Waals surface area contributed by atoms with E-state index in [0.717, 1.165) is 17.3 Å². The summed E-state index contributed by atoms with van der Waals surface area (Å²) in [4.78, 5) is 25.4. The Labute approximate surface area is 166 Å². The molecule has 0 saturated carbocycles. The SMILES string of the molecule is CCOC(=O)c1cc(F)cc(Nc2ccc3ncc(C4=CN(C)NC4)nc3n2)c1. The number of ether oxygens (including phenoxy) is 1. The van der Waals surface area contributed by atoms with Crippen LogP contribution in [0.5, 0.6) is 0 Å². The summed E-state index contributed by atoms with van der Waals surface area (Å²) in [5.74, 6) is -0.675. The zero-order valence-electron chi connectivity index (χ0n) is 15.9. The van der Waals surface area contributed by atoms with Crippen molar-refractivity contribution in [3.63, 3.8) is 0 Å². The second kappa shape index (κ2) is 7.80. The molecule has 2 aromatic heterocycles. The molecule has 2 N–H and O–H groups in total. The second-order valence-electron chi connectivity index (χ2n) is 6.47. The summed E-state index contributed by atoms with van der Waals surface area (Å²) in [6.07, 6.45) is 3.66. The van der Waals surface area contributed by atoms with Crippen molar-refractivity contribution in [3.8, 4) is 0 Å². The molecule has 3 aromatic rings. The lowest BCUT2D eigenvalue weighted by Crippen LogP contribution is -2.23. The number of carbonyl (C=O) groups is 1. The fourth-order valence-electron chi connectivity index (χ4n) is 2.96. The van der Waals surface area contributed by atoms with E-state index in [4.69, 9.17) is 4.74 Å². The molecule has 0 fully saturated rings. The lowest BCUT2D eigenvalue weighted by molar-refractivity contribution is 0.0526. The predicted octanol–water partition coefficient (Wildman–Crippen LogP) is 2.88. The topological polar surface area (TPSA) is 92.3 Å². The van der Waals surface area contributed by atoms with Gasteiger partial charge in [0.05, 0.1) is 24.1 Å². The van der Waals surface area contributed by atoms with E-state index in [0.29, 0.717) is 29.2 Å². The lowest BCUT2D eigenvalue weighted by Gasteiger charge is -2.09. The van der Waals surface area contributed by atoms with Crippen LogP contribution < -0.4 is 10.7 Å². The quantitative estimate of drug-likeness (QED) is 0.639. The van der Waals surface area contributed by atoms with Crippen molar-refractivity contribution >= 4 is 34.2 Å². The van der Waals surface area contributed by atoms with Gasteiger partial charge in [0.25, 0.3) is 0 Å². The molecule has 0 saturated heterocycles. The molecule has 4 rings (SSSR count). The van der Waals surface area contributed by atoms with Gasteiger partial charge in [0, 0.05) is 31.1 Å². The highest BCUT2D eigenvalue weighted by atomic mass is 19.1. The molecular weight excluding hydrogens is 375 g/mol. The minimum atomic E-state index is -0.583. The summed E-state index contributed by atoms with van der Waals surface area (Å²) < 4.78 is 18.9. The van der Waals surface area contributed by atoms with Gasteiger partial charge in [-0.3, -0.25) is 4.98 Å². The summed E-state index contributed by atoms with van der Waals surface area (Å²) in [5, 5.41) is 4.87. The molecule has 9 heteroatoms. The third-order valence-electron chi connectivity index (χ3n) is 4.29.